The van der Waals surface area contributed by atoms with Crippen molar-refractivity contribution in [3.05, 3.63) is 99.6 Å². The Bertz CT molecular complexity index is 1230. The van der Waals surface area contributed by atoms with Crippen molar-refractivity contribution < 1.29 is 18.1 Å². The second-order valence-electron chi connectivity index (χ2n) is 7.37. The van der Waals surface area contributed by atoms with Gasteiger partial charge < -0.3 is 5.32 Å². The van der Waals surface area contributed by atoms with E-state index in [4.69, 9.17) is 0 Å². The summed E-state index contributed by atoms with van der Waals surface area (Å²) >= 11 is 0. The molecule has 0 saturated heterocycles. The van der Waals surface area contributed by atoms with Gasteiger partial charge in [-0.15, -0.1) is 0 Å². The molecule has 0 aliphatic rings. The lowest BCUT2D eigenvalue weighted by molar-refractivity contribution is -0.385. The molecule has 1 amide bonds. The molecule has 0 aliphatic carbocycles. The minimum atomic E-state index is -3.98. The first kappa shape index (κ1) is 23.1. The Morgan fingerprint density at radius 2 is 1.62 bits per heavy atom. The molecule has 8 nitrogen and oxygen atoms in total. The van der Waals surface area contributed by atoms with E-state index < -0.39 is 26.9 Å². The van der Waals surface area contributed by atoms with Crippen LogP contribution in [-0.4, -0.2) is 25.3 Å². The molecule has 0 saturated carbocycles. The lowest BCUT2D eigenvalue weighted by Crippen LogP contribution is -2.45. The number of nitrogens with zero attached hydrogens (tertiary/aromatic N) is 1. The van der Waals surface area contributed by atoms with E-state index in [2.05, 4.69) is 10.0 Å². The number of carbonyl (C=O) groups excluding carboxylic acids is 1. The van der Waals surface area contributed by atoms with E-state index in [1.165, 1.54) is 37.3 Å². The fourth-order valence-corrected chi connectivity index (χ4v) is 4.38. The third-order valence-electron chi connectivity index (χ3n) is 4.99. The zero-order chi connectivity index (χ0) is 23.3. The van der Waals surface area contributed by atoms with Crippen LogP contribution < -0.4 is 10.0 Å². The first-order chi connectivity index (χ1) is 15.2. The van der Waals surface area contributed by atoms with Crippen LogP contribution in [0.4, 0.5) is 11.4 Å². The molecule has 2 N–H and O–H groups in total. The molecule has 0 aromatic heterocycles. The fraction of sp³-hybridized carbons (Fsp3) is 0.174. The molecule has 0 spiro atoms. The zero-order valence-corrected chi connectivity index (χ0v) is 18.4. The summed E-state index contributed by atoms with van der Waals surface area (Å²) in [6.45, 7) is 3.37. The highest BCUT2D eigenvalue weighted by Gasteiger charge is 2.27. The molecule has 3 aromatic carbocycles. The Balaban J connectivity index is 1.90. The molecule has 166 valence electrons. The summed E-state index contributed by atoms with van der Waals surface area (Å²) in [6.07, 6.45) is 0.103. The van der Waals surface area contributed by atoms with Crippen LogP contribution in [0.3, 0.4) is 0 Å². The number of benzene rings is 3. The van der Waals surface area contributed by atoms with Crippen LogP contribution >= 0.6 is 0 Å². The summed E-state index contributed by atoms with van der Waals surface area (Å²) in [4.78, 5) is 23.8. The van der Waals surface area contributed by atoms with Gasteiger partial charge in [0.25, 0.3) is 5.69 Å². The van der Waals surface area contributed by atoms with Gasteiger partial charge in [-0.2, -0.15) is 4.72 Å². The standard InChI is InChI=1S/C23H23N3O5S/c1-16-11-13-19(14-12-16)32(30,31)25-21(15-18-7-4-3-5-8-18)23(27)24-20-9-6-10-22(17(20)2)26(28)29/h3-14,21,25H,15H2,1-2H3,(H,24,27)/t21-/m1/s1. The second-order valence-corrected chi connectivity index (χ2v) is 9.09. The summed E-state index contributed by atoms with van der Waals surface area (Å²) in [5.74, 6) is -0.617. The summed E-state index contributed by atoms with van der Waals surface area (Å²) in [5, 5.41) is 13.8. The molecule has 0 radical (unpaired) electrons. The van der Waals surface area contributed by atoms with Crippen LogP contribution in [0.1, 0.15) is 16.7 Å². The van der Waals surface area contributed by atoms with Crippen molar-refractivity contribution in [3.63, 3.8) is 0 Å². The zero-order valence-electron chi connectivity index (χ0n) is 17.6. The molecule has 0 fully saturated rings. The molecule has 3 aromatic rings. The quantitative estimate of drug-likeness (QED) is 0.398. The second kappa shape index (κ2) is 9.71. The van der Waals surface area contributed by atoms with Crippen LogP contribution in [0.5, 0.6) is 0 Å². The summed E-state index contributed by atoms with van der Waals surface area (Å²) in [7, 11) is -3.98. The normalized spacial score (nSPS) is 12.2. The van der Waals surface area contributed by atoms with Crippen molar-refractivity contribution in [3.8, 4) is 0 Å². The van der Waals surface area contributed by atoms with Gasteiger partial charge in [-0.1, -0.05) is 54.1 Å². The molecule has 0 aliphatic heterocycles. The van der Waals surface area contributed by atoms with Gasteiger partial charge in [0.2, 0.25) is 15.9 Å². The number of aryl methyl sites for hydroxylation is 1. The van der Waals surface area contributed by atoms with Crippen molar-refractivity contribution in [1.29, 1.82) is 0 Å². The highest BCUT2D eigenvalue weighted by molar-refractivity contribution is 7.89. The maximum absolute atomic E-state index is 13.1. The van der Waals surface area contributed by atoms with Crippen molar-refractivity contribution in [1.82, 2.24) is 4.72 Å². The van der Waals surface area contributed by atoms with Crippen molar-refractivity contribution in [2.45, 2.75) is 31.2 Å². The summed E-state index contributed by atoms with van der Waals surface area (Å²) in [5.41, 5.74) is 2.06. The Morgan fingerprint density at radius 3 is 2.25 bits per heavy atom. The monoisotopic (exact) mass is 453 g/mol. The Labute approximate surface area is 186 Å². The molecule has 1 atom stereocenters. The molecule has 32 heavy (non-hydrogen) atoms. The van der Waals surface area contributed by atoms with E-state index in [-0.39, 0.29) is 28.3 Å². The molecule has 0 heterocycles. The van der Waals surface area contributed by atoms with Gasteiger partial charge in [0.15, 0.2) is 0 Å². The van der Waals surface area contributed by atoms with Gasteiger partial charge in [-0.05, 0) is 44.0 Å². The first-order valence-electron chi connectivity index (χ1n) is 9.85. The number of nitro groups is 1. The minimum absolute atomic E-state index is 0.0421. The largest absolute Gasteiger partial charge is 0.324 e. The maximum Gasteiger partial charge on any atom is 0.274 e. The number of amides is 1. The number of hydrogen-bond acceptors (Lipinski definition) is 5. The van der Waals surface area contributed by atoms with E-state index in [9.17, 15) is 23.3 Å². The van der Waals surface area contributed by atoms with Crippen LogP contribution in [0.15, 0.2) is 77.7 Å². The van der Waals surface area contributed by atoms with Gasteiger partial charge in [-0.3, -0.25) is 14.9 Å². The highest BCUT2D eigenvalue weighted by Crippen LogP contribution is 2.25. The highest BCUT2D eigenvalue weighted by atomic mass is 32.2. The molecular formula is C23H23N3O5S. The number of nitrogens with one attached hydrogen (secondary N) is 2. The first-order valence-corrected chi connectivity index (χ1v) is 11.3. The molecular weight excluding hydrogens is 430 g/mol. The van der Waals surface area contributed by atoms with Crippen LogP contribution in [0, 0.1) is 24.0 Å². The number of carbonyl (C=O) groups is 1. The van der Waals surface area contributed by atoms with Crippen molar-refractivity contribution in [2.24, 2.45) is 0 Å². The van der Waals surface area contributed by atoms with E-state index >= 15 is 0 Å². The molecule has 0 unspecified atom stereocenters. The topological polar surface area (TPSA) is 118 Å². The van der Waals surface area contributed by atoms with Gasteiger partial charge in [0, 0.05) is 6.07 Å². The van der Waals surface area contributed by atoms with E-state index in [1.54, 1.807) is 36.4 Å². The number of hydrogen-bond donors (Lipinski definition) is 2. The van der Waals surface area contributed by atoms with Crippen LogP contribution in [-0.2, 0) is 21.2 Å². The van der Waals surface area contributed by atoms with Gasteiger partial charge >= 0.3 is 0 Å². The Hall–Kier alpha value is -3.56. The Morgan fingerprint density at radius 1 is 0.969 bits per heavy atom. The van der Waals surface area contributed by atoms with Gasteiger partial charge in [-0.25, -0.2) is 8.42 Å². The lowest BCUT2D eigenvalue weighted by atomic mass is 10.1. The van der Waals surface area contributed by atoms with Crippen molar-refractivity contribution >= 4 is 27.3 Å². The smallest absolute Gasteiger partial charge is 0.274 e. The number of anilines is 1. The predicted molar refractivity (Wildman–Crippen MR) is 122 cm³/mol. The fourth-order valence-electron chi connectivity index (χ4n) is 3.19. The maximum atomic E-state index is 13.1. The number of sulfonamides is 1. The summed E-state index contributed by atoms with van der Waals surface area (Å²) < 4.78 is 28.3. The van der Waals surface area contributed by atoms with Gasteiger partial charge in [0.1, 0.15) is 6.04 Å². The van der Waals surface area contributed by atoms with E-state index in [0.29, 0.717) is 0 Å². The average molecular weight is 454 g/mol. The molecule has 3 rings (SSSR count). The minimum Gasteiger partial charge on any atom is -0.324 e. The van der Waals surface area contributed by atoms with Gasteiger partial charge in [0.05, 0.1) is 21.1 Å². The molecule has 0 bridgehead atoms. The number of nitro benzene ring substituents is 1. The lowest BCUT2D eigenvalue weighted by Gasteiger charge is -2.19. The van der Waals surface area contributed by atoms with E-state index in [0.717, 1.165) is 11.1 Å². The average Bonchev–Trinajstić information content (AvgIpc) is 2.75. The summed E-state index contributed by atoms with van der Waals surface area (Å²) in [6, 6.07) is 18.5. The third-order valence-corrected chi connectivity index (χ3v) is 6.48. The SMILES string of the molecule is Cc1ccc(S(=O)(=O)N[C@H](Cc2ccccc2)C(=O)Nc2cccc([N+](=O)[O-])c2C)cc1. The Kier molecular flexibility index (Phi) is 7.01. The van der Waals surface area contributed by atoms with Crippen LogP contribution in [0.2, 0.25) is 0 Å². The predicted octanol–water partition coefficient (Wildman–Crippen LogP) is 3.74. The van der Waals surface area contributed by atoms with Crippen molar-refractivity contribution in [2.75, 3.05) is 5.32 Å². The molecule has 9 heteroatoms. The van der Waals surface area contributed by atoms with Crippen LogP contribution in [0.25, 0.3) is 0 Å². The third kappa shape index (κ3) is 5.57. The number of rotatable bonds is 8. The van der Waals surface area contributed by atoms with E-state index in [1.807, 2.05) is 13.0 Å².